The molecule has 294 valence electrons. The number of nitrogens with zero attached hydrogens (tertiary/aromatic N) is 2. The first kappa shape index (κ1) is 38.4. The number of likely N-dealkylation sites (tertiary alicyclic amines) is 1. The van der Waals surface area contributed by atoms with E-state index in [2.05, 4.69) is 81.2 Å². The van der Waals surface area contributed by atoms with Crippen LogP contribution in [-0.4, -0.2) is 59.9 Å². The zero-order chi connectivity index (χ0) is 39.2. The molecule has 4 N–H and O–H groups in total. The molecule has 0 saturated carbocycles. The van der Waals surface area contributed by atoms with Crippen molar-refractivity contribution in [3.05, 3.63) is 161 Å². The third-order valence-corrected chi connectivity index (χ3v) is 11.8. The maximum atomic E-state index is 13.3. The molecule has 0 aliphatic carbocycles. The van der Waals surface area contributed by atoms with Gasteiger partial charge in [-0.2, -0.15) is 0 Å². The molecule has 57 heavy (non-hydrogen) atoms. The lowest BCUT2D eigenvalue weighted by Crippen LogP contribution is -2.57. The summed E-state index contributed by atoms with van der Waals surface area (Å²) in [6.07, 6.45) is 0.539. The Balaban J connectivity index is 0.945. The van der Waals surface area contributed by atoms with Crippen molar-refractivity contribution in [1.82, 2.24) is 20.9 Å². The lowest BCUT2D eigenvalue weighted by atomic mass is 9.84. The summed E-state index contributed by atoms with van der Waals surface area (Å²) in [4.78, 5) is 30.5. The number of piperidine rings is 1. The fourth-order valence-electron chi connectivity index (χ4n) is 8.44. The first-order valence-electron chi connectivity index (χ1n) is 20.0. The van der Waals surface area contributed by atoms with Crippen molar-refractivity contribution in [3.8, 4) is 11.1 Å². The zero-order valence-corrected chi connectivity index (χ0v) is 32.3. The van der Waals surface area contributed by atoms with E-state index in [9.17, 15) is 14.7 Å². The predicted molar refractivity (Wildman–Crippen MR) is 221 cm³/mol. The van der Waals surface area contributed by atoms with Gasteiger partial charge in [-0.25, -0.2) is 4.79 Å². The number of carbonyl (C=O) groups is 2. The molecule has 4 atom stereocenters. The van der Waals surface area contributed by atoms with Crippen molar-refractivity contribution in [2.75, 3.05) is 31.2 Å². The van der Waals surface area contributed by atoms with E-state index in [4.69, 9.17) is 9.47 Å². The van der Waals surface area contributed by atoms with E-state index in [1.54, 1.807) is 0 Å². The van der Waals surface area contributed by atoms with Crippen LogP contribution in [0.4, 0.5) is 10.5 Å². The van der Waals surface area contributed by atoms with Crippen LogP contribution in [0.3, 0.4) is 0 Å². The molecule has 3 fully saturated rings. The summed E-state index contributed by atoms with van der Waals surface area (Å²) >= 11 is 0. The minimum Gasteiger partial charge on any atom is -0.392 e. The number of hydrogen-bond acceptors (Lipinski definition) is 7. The van der Waals surface area contributed by atoms with Crippen LogP contribution in [0.25, 0.3) is 11.1 Å². The largest absolute Gasteiger partial charge is 0.392 e. The summed E-state index contributed by atoms with van der Waals surface area (Å²) in [7, 11) is 0. The van der Waals surface area contributed by atoms with Crippen LogP contribution in [0.2, 0.25) is 0 Å². The Hall–Kier alpha value is -5.52. The molecule has 5 aromatic rings. The lowest BCUT2D eigenvalue weighted by Gasteiger charge is -2.46. The smallest absolute Gasteiger partial charge is 0.315 e. The van der Waals surface area contributed by atoms with Crippen molar-refractivity contribution < 1.29 is 24.2 Å². The number of nitrogens with one attached hydrogen (secondary N) is 3. The normalized spacial score (nSPS) is 21.9. The highest BCUT2D eigenvalue weighted by atomic mass is 16.7. The number of rotatable bonds is 11. The van der Waals surface area contributed by atoms with Gasteiger partial charge in [0.25, 0.3) is 0 Å². The van der Waals surface area contributed by atoms with Crippen molar-refractivity contribution in [2.45, 2.75) is 63.5 Å². The van der Waals surface area contributed by atoms with Crippen molar-refractivity contribution in [2.24, 2.45) is 5.92 Å². The third kappa shape index (κ3) is 8.60. The Morgan fingerprint density at radius 2 is 1.40 bits per heavy atom. The third-order valence-electron chi connectivity index (χ3n) is 11.8. The monoisotopic (exact) mass is 765 g/mol. The van der Waals surface area contributed by atoms with Gasteiger partial charge in [0.05, 0.1) is 25.5 Å². The number of amides is 3. The minimum absolute atomic E-state index is 0.0122. The number of hydrogen-bond donors (Lipinski definition) is 4. The Morgan fingerprint density at radius 1 is 0.754 bits per heavy atom. The number of para-hydroxylation sites is 1. The fourth-order valence-corrected chi connectivity index (χ4v) is 8.44. The van der Waals surface area contributed by atoms with Crippen LogP contribution >= 0.6 is 0 Å². The summed E-state index contributed by atoms with van der Waals surface area (Å²) in [5, 5.41) is 18.7. The highest BCUT2D eigenvalue weighted by Gasteiger charge is 2.51. The SMILES string of the molecule is C[C@@H]1[C@H](CN2CCC3(CC2)C(=O)NCN3c2ccccc2)O[C@H](c2ccc(-c3cccc(CNC(=O)NCc4ccccc4)c3)cc2)O[C@@H]1c1ccc(CO)cc1. The first-order valence-corrected chi connectivity index (χ1v) is 20.0. The number of anilines is 1. The first-order chi connectivity index (χ1) is 27.9. The predicted octanol–water partition coefficient (Wildman–Crippen LogP) is 7.07. The van der Waals surface area contributed by atoms with E-state index < -0.39 is 11.8 Å². The second-order valence-corrected chi connectivity index (χ2v) is 15.4. The molecule has 3 amide bonds. The molecule has 1 spiro atoms. The number of aliphatic hydroxyl groups is 1. The quantitative estimate of drug-likeness (QED) is 0.114. The van der Waals surface area contributed by atoms with Gasteiger partial charge >= 0.3 is 6.03 Å². The molecule has 5 aromatic carbocycles. The van der Waals surface area contributed by atoms with Crippen molar-refractivity contribution >= 4 is 17.6 Å². The molecule has 0 unspecified atom stereocenters. The molecule has 0 radical (unpaired) electrons. The molecule has 3 saturated heterocycles. The van der Waals surface area contributed by atoms with Crippen molar-refractivity contribution in [3.63, 3.8) is 0 Å². The van der Waals surface area contributed by atoms with Gasteiger partial charge in [-0.05, 0) is 64.4 Å². The Morgan fingerprint density at radius 3 is 2.11 bits per heavy atom. The molecule has 3 aliphatic heterocycles. The second-order valence-electron chi connectivity index (χ2n) is 15.4. The van der Waals surface area contributed by atoms with Gasteiger partial charge in [-0.3, -0.25) is 4.79 Å². The molecule has 10 heteroatoms. The van der Waals surface area contributed by atoms with Gasteiger partial charge in [0.1, 0.15) is 5.54 Å². The number of ether oxygens (including phenoxy) is 2. The van der Waals surface area contributed by atoms with Crippen LogP contribution < -0.4 is 20.9 Å². The second kappa shape index (κ2) is 17.3. The summed E-state index contributed by atoms with van der Waals surface area (Å²) in [6.45, 7) is 5.87. The molecule has 3 heterocycles. The standard InChI is InChI=1S/C47H51N5O5/c1-33-42(30-51-25-23-47(24-26-51)45(54)50-32-52(47)41-13-6-3-7-14-41)56-44(57-43(33)38-17-15-35(31-53)16-18-38)39-21-19-37(20-22-39)40-12-8-11-36(27-40)29-49-46(55)48-28-34-9-4-2-5-10-34/h2-22,27,33,42-44,53H,23-26,28-32H2,1H3,(H,50,54)(H2,48,49,55)/t33-,42+,43+,44+/m1/s1. The lowest BCUT2D eigenvalue weighted by molar-refractivity contribution is -0.276. The van der Waals surface area contributed by atoms with Gasteiger partial charge in [0.2, 0.25) is 5.91 Å². The Kier molecular flexibility index (Phi) is 11.7. The number of aliphatic hydroxyl groups excluding tert-OH is 1. The summed E-state index contributed by atoms with van der Waals surface area (Å²) in [5.41, 5.74) is 7.51. The average Bonchev–Trinajstić information content (AvgIpc) is 3.58. The molecule has 8 rings (SSSR count). The zero-order valence-electron chi connectivity index (χ0n) is 32.3. The molecule has 0 aromatic heterocycles. The maximum Gasteiger partial charge on any atom is 0.315 e. The minimum atomic E-state index is -0.585. The molecule has 3 aliphatic rings. The Bertz CT molecular complexity index is 2110. The van der Waals surface area contributed by atoms with E-state index in [-0.39, 0.29) is 36.7 Å². The van der Waals surface area contributed by atoms with E-state index in [1.807, 2.05) is 84.9 Å². The molecular formula is C47H51N5O5. The van der Waals surface area contributed by atoms with Crippen molar-refractivity contribution in [1.29, 1.82) is 0 Å². The van der Waals surface area contributed by atoms with E-state index >= 15 is 0 Å². The Labute approximate surface area is 334 Å². The van der Waals surface area contributed by atoms with Crippen LogP contribution in [0.1, 0.15) is 60.0 Å². The van der Waals surface area contributed by atoms with Crippen LogP contribution in [-0.2, 0) is 34.0 Å². The van der Waals surface area contributed by atoms with Gasteiger partial charge in [-0.15, -0.1) is 0 Å². The summed E-state index contributed by atoms with van der Waals surface area (Å²) < 4.78 is 13.6. The van der Waals surface area contributed by atoms with Crippen LogP contribution in [0.15, 0.2) is 133 Å². The number of urea groups is 1. The summed E-state index contributed by atoms with van der Waals surface area (Å²) in [5.74, 6) is 0.158. The fraction of sp³-hybridized carbons (Fsp3) is 0.319. The number of carbonyl (C=O) groups excluding carboxylic acids is 2. The van der Waals surface area contributed by atoms with E-state index in [0.717, 1.165) is 77.1 Å². The van der Waals surface area contributed by atoms with Gasteiger partial charge in [0.15, 0.2) is 6.29 Å². The van der Waals surface area contributed by atoms with Crippen LogP contribution in [0.5, 0.6) is 0 Å². The number of benzene rings is 5. The van der Waals surface area contributed by atoms with Gasteiger partial charge < -0.3 is 40.3 Å². The average molecular weight is 766 g/mol. The topological polar surface area (TPSA) is 115 Å². The maximum absolute atomic E-state index is 13.3. The molecule has 10 nitrogen and oxygen atoms in total. The van der Waals surface area contributed by atoms with Crippen LogP contribution in [0, 0.1) is 5.92 Å². The van der Waals surface area contributed by atoms with Gasteiger partial charge in [-0.1, -0.05) is 122 Å². The van der Waals surface area contributed by atoms with E-state index in [0.29, 0.717) is 19.8 Å². The van der Waals surface area contributed by atoms with E-state index in [1.165, 1.54) is 0 Å². The summed E-state index contributed by atoms with van der Waals surface area (Å²) in [6, 6.07) is 44.4. The molecule has 0 bridgehead atoms. The molecular weight excluding hydrogens is 715 g/mol. The highest BCUT2D eigenvalue weighted by molar-refractivity contribution is 5.93. The highest BCUT2D eigenvalue weighted by Crippen LogP contribution is 2.43. The van der Waals surface area contributed by atoms with Gasteiger partial charge in [0, 0.05) is 49.9 Å².